The molecule has 1 aromatic heterocycles. The Morgan fingerprint density at radius 3 is 2.73 bits per heavy atom. The second-order valence-electron chi connectivity index (χ2n) is 4.89. The van der Waals surface area contributed by atoms with Crippen LogP contribution in [-0.4, -0.2) is 25.1 Å². The summed E-state index contributed by atoms with van der Waals surface area (Å²) in [5, 5.41) is 2.82. The van der Waals surface area contributed by atoms with Gasteiger partial charge in [0.15, 0.2) is 0 Å². The van der Waals surface area contributed by atoms with Crippen LogP contribution in [0.1, 0.15) is 17.5 Å². The molecule has 2 aromatic rings. The normalized spacial score (nSPS) is 10.1. The first-order valence-electron chi connectivity index (χ1n) is 7.06. The van der Waals surface area contributed by atoms with Gasteiger partial charge in [-0.15, -0.1) is 0 Å². The number of pyridine rings is 1. The molecule has 0 atom stereocenters. The third kappa shape index (κ3) is 3.97. The lowest BCUT2D eigenvalue weighted by Gasteiger charge is -2.11. The minimum Gasteiger partial charge on any atom is -0.497 e. The van der Waals surface area contributed by atoms with Crippen molar-refractivity contribution in [2.75, 3.05) is 19.5 Å². The summed E-state index contributed by atoms with van der Waals surface area (Å²) >= 11 is 0. The zero-order valence-electron chi connectivity index (χ0n) is 13.1. The van der Waals surface area contributed by atoms with E-state index < -0.39 is 0 Å². The molecule has 0 aliphatic heterocycles. The highest BCUT2D eigenvalue weighted by atomic mass is 16.5. The number of methoxy groups -OCH3 is 2. The van der Waals surface area contributed by atoms with Gasteiger partial charge in [-0.3, -0.25) is 4.79 Å². The van der Waals surface area contributed by atoms with Gasteiger partial charge in [0.2, 0.25) is 5.91 Å². The zero-order chi connectivity index (χ0) is 15.9. The van der Waals surface area contributed by atoms with Gasteiger partial charge in [0, 0.05) is 12.6 Å². The number of carbonyl (C=O) groups excluding carboxylic acids is 1. The maximum Gasteiger partial charge on any atom is 0.225 e. The highest BCUT2D eigenvalue weighted by Gasteiger charge is 2.10. The summed E-state index contributed by atoms with van der Waals surface area (Å²) in [5.41, 5.74) is 1.88. The van der Waals surface area contributed by atoms with E-state index in [1.54, 1.807) is 20.4 Å². The third-order valence-corrected chi connectivity index (χ3v) is 3.38. The van der Waals surface area contributed by atoms with E-state index >= 15 is 0 Å². The van der Waals surface area contributed by atoms with Gasteiger partial charge < -0.3 is 14.8 Å². The summed E-state index contributed by atoms with van der Waals surface area (Å²) in [6, 6.07) is 9.31. The molecule has 116 valence electrons. The van der Waals surface area contributed by atoms with Gasteiger partial charge in [-0.25, -0.2) is 4.98 Å². The molecule has 22 heavy (non-hydrogen) atoms. The molecule has 1 aromatic carbocycles. The van der Waals surface area contributed by atoms with Gasteiger partial charge in [-0.1, -0.05) is 6.07 Å². The van der Waals surface area contributed by atoms with Crippen molar-refractivity contribution in [3.63, 3.8) is 0 Å². The van der Waals surface area contributed by atoms with Crippen molar-refractivity contribution in [2.45, 2.75) is 19.8 Å². The summed E-state index contributed by atoms with van der Waals surface area (Å²) < 4.78 is 10.5. The molecule has 0 saturated carbocycles. The van der Waals surface area contributed by atoms with Crippen LogP contribution in [0.4, 0.5) is 5.82 Å². The van der Waals surface area contributed by atoms with E-state index in [1.807, 2.05) is 37.3 Å². The van der Waals surface area contributed by atoms with Crippen LogP contribution in [0.2, 0.25) is 0 Å². The quantitative estimate of drug-likeness (QED) is 0.891. The number of aromatic nitrogens is 1. The number of carbonyl (C=O) groups is 1. The maximum atomic E-state index is 12.1. The number of hydrogen-bond donors (Lipinski definition) is 1. The van der Waals surface area contributed by atoms with Crippen LogP contribution in [0.15, 0.2) is 36.5 Å². The van der Waals surface area contributed by atoms with Gasteiger partial charge in [-0.05, 0) is 48.7 Å². The maximum absolute atomic E-state index is 12.1. The number of aryl methyl sites for hydroxylation is 2. The fraction of sp³-hybridized carbons (Fsp3) is 0.294. The monoisotopic (exact) mass is 300 g/mol. The standard InChI is InChI=1S/C17H20N2O3/c1-12-5-4-10-18-17(12)19-16(20)9-6-13-11-14(21-2)7-8-15(13)22-3/h4-5,7-8,10-11H,6,9H2,1-3H3,(H,18,19,20). The van der Waals surface area contributed by atoms with Gasteiger partial charge in [0.25, 0.3) is 0 Å². The molecular weight excluding hydrogens is 280 g/mol. The first-order chi connectivity index (χ1) is 10.6. The van der Waals surface area contributed by atoms with E-state index in [9.17, 15) is 4.79 Å². The second-order valence-corrected chi connectivity index (χ2v) is 4.89. The van der Waals surface area contributed by atoms with Crippen molar-refractivity contribution in [3.05, 3.63) is 47.7 Å². The highest BCUT2D eigenvalue weighted by Crippen LogP contribution is 2.25. The molecule has 5 nitrogen and oxygen atoms in total. The molecule has 0 aliphatic carbocycles. The van der Waals surface area contributed by atoms with E-state index in [4.69, 9.17) is 9.47 Å². The topological polar surface area (TPSA) is 60.5 Å². The summed E-state index contributed by atoms with van der Waals surface area (Å²) in [4.78, 5) is 16.2. The average molecular weight is 300 g/mol. The van der Waals surface area contributed by atoms with Gasteiger partial charge >= 0.3 is 0 Å². The molecule has 1 heterocycles. The molecule has 0 unspecified atom stereocenters. The Kier molecular flexibility index (Phi) is 5.36. The van der Waals surface area contributed by atoms with Crippen LogP contribution in [0.25, 0.3) is 0 Å². The molecule has 0 aliphatic rings. The third-order valence-electron chi connectivity index (χ3n) is 3.38. The molecule has 1 N–H and O–H groups in total. The summed E-state index contributed by atoms with van der Waals surface area (Å²) in [5.74, 6) is 2.02. The molecule has 0 bridgehead atoms. The Balaban J connectivity index is 2.00. The van der Waals surface area contributed by atoms with Gasteiger partial charge in [0.1, 0.15) is 17.3 Å². The number of benzene rings is 1. The lowest BCUT2D eigenvalue weighted by atomic mass is 10.1. The van der Waals surface area contributed by atoms with Crippen molar-refractivity contribution in [1.82, 2.24) is 4.98 Å². The first kappa shape index (κ1) is 15.8. The summed E-state index contributed by atoms with van der Waals surface area (Å²) in [7, 11) is 3.23. The molecule has 0 fully saturated rings. The summed E-state index contributed by atoms with van der Waals surface area (Å²) in [6.07, 6.45) is 2.57. The van der Waals surface area contributed by atoms with Crippen molar-refractivity contribution in [2.24, 2.45) is 0 Å². The van der Waals surface area contributed by atoms with Crippen molar-refractivity contribution in [1.29, 1.82) is 0 Å². The molecule has 5 heteroatoms. The predicted octanol–water partition coefficient (Wildman–Crippen LogP) is 2.98. The van der Waals surface area contributed by atoms with Crippen molar-refractivity contribution >= 4 is 11.7 Å². The number of amides is 1. The van der Waals surface area contributed by atoms with Crippen LogP contribution in [0, 0.1) is 6.92 Å². The largest absolute Gasteiger partial charge is 0.497 e. The minimum atomic E-state index is -0.0772. The molecule has 0 radical (unpaired) electrons. The number of nitrogens with zero attached hydrogens (tertiary/aromatic N) is 1. The van der Waals surface area contributed by atoms with E-state index in [1.165, 1.54) is 0 Å². The lowest BCUT2D eigenvalue weighted by Crippen LogP contribution is -2.14. The van der Waals surface area contributed by atoms with Crippen LogP contribution < -0.4 is 14.8 Å². The number of nitrogens with one attached hydrogen (secondary N) is 1. The molecule has 2 rings (SSSR count). The fourth-order valence-electron chi connectivity index (χ4n) is 2.14. The minimum absolute atomic E-state index is 0.0772. The Morgan fingerprint density at radius 1 is 1.23 bits per heavy atom. The molecular formula is C17H20N2O3. The van der Waals surface area contributed by atoms with Crippen LogP contribution in [0.3, 0.4) is 0 Å². The molecule has 0 spiro atoms. The number of hydrogen-bond acceptors (Lipinski definition) is 4. The second kappa shape index (κ2) is 7.45. The molecule has 0 saturated heterocycles. The predicted molar refractivity (Wildman–Crippen MR) is 85.5 cm³/mol. The van der Waals surface area contributed by atoms with Crippen molar-refractivity contribution < 1.29 is 14.3 Å². The van der Waals surface area contributed by atoms with E-state index in [2.05, 4.69) is 10.3 Å². The Labute approximate surface area is 130 Å². The SMILES string of the molecule is COc1ccc(OC)c(CCC(=O)Nc2ncccc2C)c1. The summed E-state index contributed by atoms with van der Waals surface area (Å²) in [6.45, 7) is 1.91. The fourth-order valence-corrected chi connectivity index (χ4v) is 2.14. The number of rotatable bonds is 6. The Bertz CT molecular complexity index is 656. The first-order valence-corrected chi connectivity index (χ1v) is 7.06. The van der Waals surface area contributed by atoms with Crippen molar-refractivity contribution in [3.8, 4) is 11.5 Å². The smallest absolute Gasteiger partial charge is 0.225 e. The van der Waals surface area contributed by atoms with Gasteiger partial charge in [0.05, 0.1) is 14.2 Å². The number of ether oxygens (including phenoxy) is 2. The van der Waals surface area contributed by atoms with Crippen LogP contribution in [0.5, 0.6) is 11.5 Å². The zero-order valence-corrected chi connectivity index (χ0v) is 13.1. The highest BCUT2D eigenvalue weighted by molar-refractivity contribution is 5.90. The van der Waals surface area contributed by atoms with Crippen LogP contribution in [-0.2, 0) is 11.2 Å². The lowest BCUT2D eigenvalue weighted by molar-refractivity contribution is -0.116. The number of anilines is 1. The average Bonchev–Trinajstić information content (AvgIpc) is 2.54. The Morgan fingerprint density at radius 2 is 2.05 bits per heavy atom. The van der Waals surface area contributed by atoms with Crippen LogP contribution >= 0.6 is 0 Å². The van der Waals surface area contributed by atoms with E-state index in [0.29, 0.717) is 18.7 Å². The van der Waals surface area contributed by atoms with E-state index in [0.717, 1.165) is 22.6 Å². The van der Waals surface area contributed by atoms with Gasteiger partial charge in [-0.2, -0.15) is 0 Å². The molecule has 1 amide bonds. The van der Waals surface area contributed by atoms with E-state index in [-0.39, 0.29) is 5.91 Å². The Hall–Kier alpha value is -2.56.